The van der Waals surface area contributed by atoms with Crippen molar-refractivity contribution in [3.63, 3.8) is 0 Å². The first-order valence-corrected chi connectivity index (χ1v) is 6.18. The average molecular weight is 264 g/mol. The number of nitrogens with two attached hydrogens (primary N) is 1. The van der Waals surface area contributed by atoms with Crippen molar-refractivity contribution in [2.75, 3.05) is 6.54 Å². The van der Waals surface area contributed by atoms with Crippen molar-refractivity contribution in [1.82, 2.24) is 5.32 Å². The maximum absolute atomic E-state index is 12.6. The molecule has 1 unspecified atom stereocenters. The summed E-state index contributed by atoms with van der Waals surface area (Å²) in [5.41, 5.74) is 5.22. The lowest BCUT2D eigenvalue weighted by atomic mass is 9.77. The van der Waals surface area contributed by atoms with Crippen LogP contribution in [0.15, 0.2) is 0 Å². The molecule has 0 aromatic rings. The molecule has 6 heteroatoms. The lowest BCUT2D eigenvalue weighted by molar-refractivity contribution is -0.113. The largest absolute Gasteiger partial charge is 0.444 e. The van der Waals surface area contributed by atoms with Crippen LogP contribution in [0, 0.1) is 5.92 Å². The molecule has 1 saturated carbocycles. The van der Waals surface area contributed by atoms with Gasteiger partial charge in [-0.25, -0.2) is 13.6 Å². The molecule has 0 saturated heterocycles. The van der Waals surface area contributed by atoms with Crippen LogP contribution in [-0.2, 0) is 4.74 Å². The highest BCUT2D eigenvalue weighted by atomic mass is 19.3. The van der Waals surface area contributed by atoms with Crippen LogP contribution >= 0.6 is 0 Å². The second kappa shape index (κ2) is 5.38. The highest BCUT2D eigenvalue weighted by molar-refractivity contribution is 5.67. The third kappa shape index (κ3) is 5.62. The molecule has 1 fully saturated rings. The molecule has 1 amide bonds. The standard InChI is InChI=1S/C12H22F2N2O2/c1-11(2,3)18-10(17)16-7-9(15)4-8-5-12(13,14)6-8/h8-9H,4-7,15H2,1-3H3,(H,16,17). The molecule has 0 bridgehead atoms. The molecule has 3 N–H and O–H groups in total. The Hall–Kier alpha value is -0.910. The van der Waals surface area contributed by atoms with Crippen LogP contribution in [0.2, 0.25) is 0 Å². The summed E-state index contributed by atoms with van der Waals surface area (Å²) in [6.07, 6.45) is -0.206. The number of halogens is 2. The number of hydrogen-bond acceptors (Lipinski definition) is 3. The number of hydrogen-bond donors (Lipinski definition) is 2. The van der Waals surface area contributed by atoms with Crippen LogP contribution in [0.25, 0.3) is 0 Å². The zero-order valence-corrected chi connectivity index (χ0v) is 11.1. The minimum absolute atomic E-state index is 0.0320. The summed E-state index contributed by atoms with van der Waals surface area (Å²) >= 11 is 0. The summed E-state index contributed by atoms with van der Waals surface area (Å²) < 4.78 is 30.3. The first-order valence-electron chi connectivity index (χ1n) is 6.18. The number of alkyl halides is 2. The second-order valence-electron chi connectivity index (χ2n) is 6.01. The third-order valence-corrected chi connectivity index (χ3v) is 2.72. The molecule has 1 aliphatic carbocycles. The normalized spacial score (nSPS) is 21.0. The fourth-order valence-corrected chi connectivity index (χ4v) is 1.99. The van der Waals surface area contributed by atoms with Crippen molar-refractivity contribution in [1.29, 1.82) is 0 Å². The van der Waals surface area contributed by atoms with Gasteiger partial charge in [-0.2, -0.15) is 0 Å². The van der Waals surface area contributed by atoms with Crippen LogP contribution in [0.3, 0.4) is 0 Å². The quantitative estimate of drug-likeness (QED) is 0.818. The minimum atomic E-state index is -2.51. The molecule has 18 heavy (non-hydrogen) atoms. The number of alkyl carbamates (subject to hydrolysis) is 1. The van der Waals surface area contributed by atoms with Gasteiger partial charge < -0.3 is 15.8 Å². The lowest BCUT2D eigenvalue weighted by Crippen LogP contribution is -2.44. The van der Waals surface area contributed by atoms with Gasteiger partial charge in [0.25, 0.3) is 0 Å². The number of rotatable bonds is 4. The topological polar surface area (TPSA) is 64.3 Å². The first-order chi connectivity index (χ1) is 8.07. The van der Waals surface area contributed by atoms with Crippen molar-refractivity contribution in [2.24, 2.45) is 11.7 Å². The molecule has 0 aromatic heterocycles. The number of ether oxygens (including phenoxy) is 1. The number of carbonyl (C=O) groups is 1. The summed E-state index contributed by atoms with van der Waals surface area (Å²) in [6, 6.07) is -0.307. The van der Waals surface area contributed by atoms with E-state index in [9.17, 15) is 13.6 Å². The van der Waals surface area contributed by atoms with E-state index in [1.807, 2.05) is 0 Å². The number of nitrogens with one attached hydrogen (secondary N) is 1. The number of amides is 1. The molecule has 0 heterocycles. The summed E-state index contributed by atoms with van der Waals surface area (Å²) in [4.78, 5) is 11.3. The van der Waals surface area contributed by atoms with E-state index in [1.54, 1.807) is 20.8 Å². The van der Waals surface area contributed by atoms with E-state index in [0.29, 0.717) is 6.42 Å². The minimum Gasteiger partial charge on any atom is -0.444 e. The van der Waals surface area contributed by atoms with Crippen LogP contribution < -0.4 is 11.1 Å². The second-order valence-corrected chi connectivity index (χ2v) is 6.01. The van der Waals surface area contributed by atoms with Crippen molar-refractivity contribution in [3.05, 3.63) is 0 Å². The van der Waals surface area contributed by atoms with E-state index >= 15 is 0 Å². The Balaban J connectivity index is 2.14. The van der Waals surface area contributed by atoms with Crippen molar-refractivity contribution in [2.45, 2.75) is 57.6 Å². The molecule has 0 aliphatic heterocycles. The summed E-state index contributed by atoms with van der Waals surface area (Å²) in [6.45, 7) is 5.55. The van der Waals surface area contributed by atoms with Gasteiger partial charge in [-0.05, 0) is 33.1 Å². The molecular formula is C12H22F2N2O2. The van der Waals surface area contributed by atoms with Gasteiger partial charge >= 0.3 is 6.09 Å². The molecule has 0 spiro atoms. The highest BCUT2D eigenvalue weighted by Gasteiger charge is 2.45. The first kappa shape index (κ1) is 15.1. The fourth-order valence-electron chi connectivity index (χ4n) is 1.99. The molecule has 0 aromatic carbocycles. The Kier molecular flexibility index (Phi) is 4.53. The maximum atomic E-state index is 12.6. The predicted molar refractivity (Wildman–Crippen MR) is 64.5 cm³/mol. The Labute approximate surface area is 106 Å². The van der Waals surface area contributed by atoms with Crippen molar-refractivity contribution in [3.8, 4) is 0 Å². The lowest BCUT2D eigenvalue weighted by Gasteiger charge is -2.36. The molecule has 106 valence electrons. The Morgan fingerprint density at radius 3 is 2.50 bits per heavy atom. The van der Waals surface area contributed by atoms with Crippen LogP contribution in [0.4, 0.5) is 13.6 Å². The summed E-state index contributed by atoms with van der Waals surface area (Å²) in [7, 11) is 0. The zero-order chi connectivity index (χ0) is 14.0. The van der Waals surface area contributed by atoms with Crippen LogP contribution in [0.1, 0.15) is 40.0 Å². The van der Waals surface area contributed by atoms with Gasteiger partial charge in [0, 0.05) is 25.4 Å². The van der Waals surface area contributed by atoms with E-state index in [1.165, 1.54) is 0 Å². The van der Waals surface area contributed by atoms with Gasteiger partial charge in [0.1, 0.15) is 5.60 Å². The van der Waals surface area contributed by atoms with Crippen molar-refractivity contribution >= 4 is 6.09 Å². The molecule has 4 nitrogen and oxygen atoms in total. The van der Waals surface area contributed by atoms with Crippen molar-refractivity contribution < 1.29 is 18.3 Å². The van der Waals surface area contributed by atoms with E-state index in [2.05, 4.69) is 5.32 Å². The summed E-state index contributed by atoms with van der Waals surface area (Å²) in [5, 5.41) is 2.54. The summed E-state index contributed by atoms with van der Waals surface area (Å²) in [5.74, 6) is -2.54. The van der Waals surface area contributed by atoms with Gasteiger partial charge in [-0.1, -0.05) is 0 Å². The van der Waals surface area contributed by atoms with Gasteiger partial charge in [0.2, 0.25) is 5.92 Å². The van der Waals surface area contributed by atoms with E-state index < -0.39 is 17.6 Å². The van der Waals surface area contributed by atoms with E-state index in [-0.39, 0.29) is 31.3 Å². The van der Waals surface area contributed by atoms with Crippen LogP contribution in [0.5, 0.6) is 0 Å². The molecular weight excluding hydrogens is 242 g/mol. The number of carbonyl (C=O) groups excluding carboxylic acids is 1. The zero-order valence-electron chi connectivity index (χ0n) is 11.1. The van der Waals surface area contributed by atoms with Gasteiger partial charge in [-0.3, -0.25) is 0 Å². The van der Waals surface area contributed by atoms with Gasteiger partial charge in [0.05, 0.1) is 0 Å². The average Bonchev–Trinajstić information content (AvgIpc) is 2.09. The third-order valence-electron chi connectivity index (χ3n) is 2.72. The Morgan fingerprint density at radius 2 is 2.06 bits per heavy atom. The molecule has 1 rings (SSSR count). The maximum Gasteiger partial charge on any atom is 0.407 e. The highest BCUT2D eigenvalue weighted by Crippen LogP contribution is 2.44. The van der Waals surface area contributed by atoms with Gasteiger partial charge in [-0.15, -0.1) is 0 Å². The fraction of sp³-hybridized carbons (Fsp3) is 0.917. The molecule has 1 aliphatic rings. The Bertz CT molecular complexity index is 295. The smallest absolute Gasteiger partial charge is 0.407 e. The van der Waals surface area contributed by atoms with Crippen LogP contribution in [-0.4, -0.2) is 30.2 Å². The SMILES string of the molecule is CC(C)(C)OC(=O)NCC(N)CC1CC(F)(F)C1. The van der Waals surface area contributed by atoms with E-state index in [4.69, 9.17) is 10.5 Å². The predicted octanol–water partition coefficient (Wildman–Crippen LogP) is 2.27. The Morgan fingerprint density at radius 1 is 1.50 bits per heavy atom. The monoisotopic (exact) mass is 264 g/mol. The molecule has 0 radical (unpaired) electrons. The van der Waals surface area contributed by atoms with E-state index in [0.717, 1.165) is 0 Å². The molecule has 1 atom stereocenters. The van der Waals surface area contributed by atoms with Gasteiger partial charge in [0.15, 0.2) is 0 Å².